The predicted molar refractivity (Wildman–Crippen MR) is 78.8 cm³/mol. The maximum atomic E-state index is 13.4. The lowest BCUT2D eigenvalue weighted by atomic mass is 10.1. The van der Waals surface area contributed by atoms with Crippen LogP contribution in [0.15, 0.2) is 36.4 Å². The zero-order valence-electron chi connectivity index (χ0n) is 11.6. The van der Waals surface area contributed by atoms with E-state index in [1.165, 1.54) is 22.8 Å². The average molecular weight is 258 g/mol. The molecule has 0 bridgehead atoms. The van der Waals surface area contributed by atoms with Crippen LogP contribution in [0.2, 0.25) is 0 Å². The van der Waals surface area contributed by atoms with Gasteiger partial charge in [-0.2, -0.15) is 0 Å². The van der Waals surface area contributed by atoms with Gasteiger partial charge < -0.3 is 10.6 Å². The molecule has 0 fully saturated rings. The van der Waals surface area contributed by atoms with Gasteiger partial charge >= 0.3 is 0 Å². The van der Waals surface area contributed by atoms with Crippen LogP contribution >= 0.6 is 0 Å². The molecule has 2 aromatic rings. The normalized spacial score (nSPS) is 10.5. The first-order valence-electron chi connectivity index (χ1n) is 6.30. The number of hydrogen-bond donors (Lipinski definition) is 1. The zero-order valence-corrected chi connectivity index (χ0v) is 11.6. The van der Waals surface area contributed by atoms with E-state index in [1.807, 2.05) is 18.0 Å². The molecule has 0 aliphatic carbocycles. The quantitative estimate of drug-likeness (QED) is 0.851. The van der Waals surface area contributed by atoms with Gasteiger partial charge in [0.2, 0.25) is 0 Å². The van der Waals surface area contributed by atoms with Crippen molar-refractivity contribution < 1.29 is 4.39 Å². The summed E-state index contributed by atoms with van der Waals surface area (Å²) in [5, 5.41) is 0. The Morgan fingerprint density at radius 3 is 2.53 bits per heavy atom. The summed E-state index contributed by atoms with van der Waals surface area (Å²) >= 11 is 0. The Bertz CT molecular complexity index is 593. The molecule has 2 N–H and O–H groups in total. The van der Waals surface area contributed by atoms with Gasteiger partial charge in [-0.1, -0.05) is 24.3 Å². The number of anilines is 2. The third-order valence-electron chi connectivity index (χ3n) is 3.43. The molecule has 0 saturated carbocycles. The minimum absolute atomic E-state index is 0.203. The maximum absolute atomic E-state index is 13.4. The van der Waals surface area contributed by atoms with Gasteiger partial charge in [-0.25, -0.2) is 4.39 Å². The van der Waals surface area contributed by atoms with E-state index in [1.54, 1.807) is 6.07 Å². The summed E-state index contributed by atoms with van der Waals surface area (Å²) in [6, 6.07) is 11.2. The summed E-state index contributed by atoms with van der Waals surface area (Å²) in [4.78, 5) is 1.96. The van der Waals surface area contributed by atoms with Crippen LogP contribution in [-0.2, 0) is 6.54 Å². The molecular weight excluding hydrogens is 239 g/mol. The molecule has 2 nitrogen and oxygen atoms in total. The van der Waals surface area contributed by atoms with Crippen molar-refractivity contribution in [3.05, 3.63) is 58.9 Å². The predicted octanol–water partition coefficient (Wildman–Crippen LogP) is 3.66. The molecule has 0 heterocycles. The standard InChI is InChI=1S/C16H19FN2/c1-11-7-8-13(9-12(11)2)10-19(3)15-6-4-5-14(17)16(15)18/h4-9H,10,18H2,1-3H3. The number of nitrogen functional groups attached to an aromatic ring is 1. The molecule has 0 amide bonds. The van der Waals surface area contributed by atoms with Crippen molar-refractivity contribution in [2.24, 2.45) is 0 Å². The zero-order chi connectivity index (χ0) is 14.0. The Morgan fingerprint density at radius 2 is 1.84 bits per heavy atom. The van der Waals surface area contributed by atoms with Crippen molar-refractivity contribution in [3.63, 3.8) is 0 Å². The van der Waals surface area contributed by atoms with Crippen molar-refractivity contribution in [2.45, 2.75) is 20.4 Å². The van der Waals surface area contributed by atoms with Gasteiger partial charge in [0.05, 0.1) is 11.4 Å². The number of rotatable bonds is 3. The first-order chi connectivity index (χ1) is 8.99. The molecule has 2 aromatic carbocycles. The first-order valence-corrected chi connectivity index (χ1v) is 6.30. The van der Waals surface area contributed by atoms with E-state index in [-0.39, 0.29) is 11.5 Å². The molecule has 19 heavy (non-hydrogen) atoms. The highest BCUT2D eigenvalue weighted by Crippen LogP contribution is 2.26. The summed E-state index contributed by atoms with van der Waals surface area (Å²) in [6.45, 7) is 4.89. The minimum Gasteiger partial charge on any atom is -0.395 e. The molecule has 0 spiro atoms. The topological polar surface area (TPSA) is 29.3 Å². The van der Waals surface area contributed by atoms with Crippen molar-refractivity contribution in [3.8, 4) is 0 Å². The monoisotopic (exact) mass is 258 g/mol. The molecule has 0 aliphatic heterocycles. The van der Waals surface area contributed by atoms with Gasteiger partial charge in [-0.15, -0.1) is 0 Å². The van der Waals surface area contributed by atoms with E-state index >= 15 is 0 Å². The summed E-state index contributed by atoms with van der Waals surface area (Å²) in [7, 11) is 1.92. The van der Waals surface area contributed by atoms with Crippen LogP contribution in [0.1, 0.15) is 16.7 Å². The molecule has 2 rings (SSSR count). The second-order valence-corrected chi connectivity index (χ2v) is 4.95. The van der Waals surface area contributed by atoms with E-state index in [9.17, 15) is 4.39 Å². The van der Waals surface area contributed by atoms with Gasteiger partial charge in [-0.3, -0.25) is 0 Å². The van der Waals surface area contributed by atoms with Crippen molar-refractivity contribution in [1.29, 1.82) is 0 Å². The summed E-state index contributed by atoms with van der Waals surface area (Å²) in [6.07, 6.45) is 0. The Balaban J connectivity index is 2.23. The molecular formula is C16H19FN2. The number of para-hydroxylation sites is 1. The molecule has 0 radical (unpaired) electrons. The second-order valence-electron chi connectivity index (χ2n) is 4.95. The molecule has 0 saturated heterocycles. The van der Waals surface area contributed by atoms with Gasteiger partial charge in [-0.05, 0) is 42.7 Å². The number of halogens is 1. The third kappa shape index (κ3) is 2.87. The van der Waals surface area contributed by atoms with E-state index in [4.69, 9.17) is 5.73 Å². The molecule has 0 atom stereocenters. The molecule has 3 heteroatoms. The van der Waals surface area contributed by atoms with Gasteiger partial charge in [0.25, 0.3) is 0 Å². The Kier molecular flexibility index (Phi) is 3.74. The molecule has 0 unspecified atom stereocenters. The Morgan fingerprint density at radius 1 is 1.11 bits per heavy atom. The molecule has 100 valence electrons. The lowest BCUT2D eigenvalue weighted by molar-refractivity contribution is 0.632. The number of nitrogens with zero attached hydrogens (tertiary/aromatic N) is 1. The van der Waals surface area contributed by atoms with Gasteiger partial charge in [0.1, 0.15) is 5.82 Å². The number of aryl methyl sites for hydroxylation is 2. The van der Waals surface area contributed by atoms with Gasteiger partial charge in [0, 0.05) is 13.6 Å². The minimum atomic E-state index is -0.371. The fourth-order valence-electron chi connectivity index (χ4n) is 2.12. The lowest BCUT2D eigenvalue weighted by Crippen LogP contribution is -2.18. The van der Waals surface area contributed by atoms with Crippen LogP contribution in [0.3, 0.4) is 0 Å². The SMILES string of the molecule is Cc1ccc(CN(C)c2cccc(F)c2N)cc1C. The van der Waals surface area contributed by atoms with Crippen LogP contribution in [0.25, 0.3) is 0 Å². The van der Waals surface area contributed by atoms with Crippen molar-refractivity contribution in [2.75, 3.05) is 17.7 Å². The number of nitrogens with two attached hydrogens (primary N) is 1. The lowest BCUT2D eigenvalue weighted by Gasteiger charge is -2.21. The first kappa shape index (κ1) is 13.4. The highest BCUT2D eigenvalue weighted by atomic mass is 19.1. The van der Waals surface area contributed by atoms with E-state index in [2.05, 4.69) is 32.0 Å². The Hall–Kier alpha value is -2.03. The van der Waals surface area contributed by atoms with Crippen LogP contribution in [0.4, 0.5) is 15.8 Å². The fraction of sp³-hybridized carbons (Fsp3) is 0.250. The summed E-state index contributed by atoms with van der Waals surface area (Å²) in [5.74, 6) is -0.371. The van der Waals surface area contributed by atoms with E-state index in [0.717, 1.165) is 5.69 Å². The van der Waals surface area contributed by atoms with Crippen molar-refractivity contribution >= 4 is 11.4 Å². The van der Waals surface area contributed by atoms with Crippen LogP contribution < -0.4 is 10.6 Å². The second kappa shape index (κ2) is 5.31. The Labute approximate surface area is 113 Å². The van der Waals surface area contributed by atoms with E-state index in [0.29, 0.717) is 6.54 Å². The smallest absolute Gasteiger partial charge is 0.148 e. The summed E-state index contributed by atoms with van der Waals surface area (Å²) < 4.78 is 13.4. The van der Waals surface area contributed by atoms with Gasteiger partial charge in [0.15, 0.2) is 0 Å². The van der Waals surface area contributed by atoms with Crippen LogP contribution in [-0.4, -0.2) is 7.05 Å². The molecule has 0 aromatic heterocycles. The maximum Gasteiger partial charge on any atom is 0.148 e. The third-order valence-corrected chi connectivity index (χ3v) is 3.43. The van der Waals surface area contributed by atoms with Crippen molar-refractivity contribution in [1.82, 2.24) is 0 Å². The van der Waals surface area contributed by atoms with E-state index < -0.39 is 0 Å². The molecule has 0 aliphatic rings. The highest BCUT2D eigenvalue weighted by molar-refractivity contribution is 5.67. The average Bonchev–Trinajstić information content (AvgIpc) is 2.37. The highest BCUT2D eigenvalue weighted by Gasteiger charge is 2.09. The van der Waals surface area contributed by atoms with Crippen LogP contribution in [0.5, 0.6) is 0 Å². The fourth-order valence-corrected chi connectivity index (χ4v) is 2.12. The number of hydrogen-bond acceptors (Lipinski definition) is 2. The summed E-state index contributed by atoms with van der Waals surface area (Å²) in [5.41, 5.74) is 10.4. The van der Waals surface area contributed by atoms with Crippen LogP contribution in [0, 0.1) is 19.7 Å². The largest absolute Gasteiger partial charge is 0.395 e. The number of benzene rings is 2.